The zero-order chi connectivity index (χ0) is 13.6. The molecule has 0 aromatic carbocycles. The molecule has 1 heterocycles. The Balaban J connectivity index is 1.82. The van der Waals surface area contributed by atoms with Crippen LogP contribution in [0.2, 0.25) is 0 Å². The summed E-state index contributed by atoms with van der Waals surface area (Å²) < 4.78 is 0. The third-order valence-electron chi connectivity index (χ3n) is 5.16. The molecule has 2 aliphatic rings. The van der Waals surface area contributed by atoms with Crippen molar-refractivity contribution in [2.75, 3.05) is 45.8 Å². The molecule has 0 spiro atoms. The van der Waals surface area contributed by atoms with E-state index in [-0.39, 0.29) is 0 Å². The lowest BCUT2D eigenvalue weighted by Gasteiger charge is -2.41. The average molecular weight is 267 g/mol. The molecule has 2 fully saturated rings. The van der Waals surface area contributed by atoms with E-state index in [1.54, 1.807) is 0 Å². The van der Waals surface area contributed by atoms with E-state index in [0.29, 0.717) is 5.41 Å². The molecule has 3 nitrogen and oxygen atoms in total. The highest BCUT2D eigenvalue weighted by molar-refractivity contribution is 4.87. The van der Waals surface area contributed by atoms with Gasteiger partial charge in [0, 0.05) is 32.7 Å². The normalized spacial score (nSPS) is 26.2. The Kier molecular flexibility index (Phi) is 6.11. The van der Waals surface area contributed by atoms with E-state index in [9.17, 15) is 0 Å². The van der Waals surface area contributed by atoms with Crippen LogP contribution in [0.4, 0.5) is 0 Å². The molecular weight excluding hydrogens is 234 g/mol. The molecule has 19 heavy (non-hydrogen) atoms. The molecule has 2 rings (SSSR count). The van der Waals surface area contributed by atoms with Crippen LogP contribution in [0.15, 0.2) is 0 Å². The molecule has 0 aromatic heterocycles. The average Bonchev–Trinajstić information content (AvgIpc) is 2.68. The lowest BCUT2D eigenvalue weighted by molar-refractivity contribution is 0.0790. The Labute approximate surface area is 119 Å². The standard InChI is InChI=1S/C16H33N3/c1-2-9-18-10-12-19(13-11-18)15-16(14-17)7-5-3-4-6-8-16/h2-15,17H2,1H3. The van der Waals surface area contributed by atoms with Gasteiger partial charge in [-0.25, -0.2) is 0 Å². The highest BCUT2D eigenvalue weighted by Crippen LogP contribution is 2.35. The lowest BCUT2D eigenvalue weighted by Crippen LogP contribution is -2.51. The second-order valence-electron chi connectivity index (χ2n) is 6.74. The molecule has 0 radical (unpaired) electrons. The van der Waals surface area contributed by atoms with Crippen molar-refractivity contribution in [2.45, 2.75) is 51.9 Å². The first kappa shape index (κ1) is 15.3. The molecular formula is C16H33N3. The number of piperazine rings is 1. The zero-order valence-corrected chi connectivity index (χ0v) is 12.9. The summed E-state index contributed by atoms with van der Waals surface area (Å²) in [6.45, 7) is 10.7. The Bertz CT molecular complexity index is 238. The second-order valence-corrected chi connectivity index (χ2v) is 6.74. The highest BCUT2D eigenvalue weighted by atomic mass is 15.3. The molecule has 0 bridgehead atoms. The smallest absolute Gasteiger partial charge is 0.0110 e. The first-order valence-corrected chi connectivity index (χ1v) is 8.43. The predicted molar refractivity (Wildman–Crippen MR) is 82.4 cm³/mol. The maximum Gasteiger partial charge on any atom is 0.0110 e. The Morgan fingerprint density at radius 3 is 2.00 bits per heavy atom. The lowest BCUT2D eigenvalue weighted by atomic mass is 9.79. The van der Waals surface area contributed by atoms with Gasteiger partial charge in [0.25, 0.3) is 0 Å². The van der Waals surface area contributed by atoms with Crippen LogP contribution in [0.5, 0.6) is 0 Å². The molecule has 112 valence electrons. The molecule has 1 saturated carbocycles. The minimum atomic E-state index is 0.434. The Hall–Kier alpha value is -0.120. The van der Waals surface area contributed by atoms with Crippen molar-refractivity contribution in [2.24, 2.45) is 11.1 Å². The maximum absolute atomic E-state index is 6.16. The van der Waals surface area contributed by atoms with Gasteiger partial charge in [-0.2, -0.15) is 0 Å². The molecule has 1 saturated heterocycles. The fourth-order valence-corrected chi connectivity index (χ4v) is 3.87. The van der Waals surface area contributed by atoms with E-state index in [0.717, 1.165) is 6.54 Å². The number of nitrogens with zero attached hydrogens (tertiary/aromatic N) is 2. The summed E-state index contributed by atoms with van der Waals surface area (Å²) in [4.78, 5) is 5.29. The number of hydrogen-bond acceptors (Lipinski definition) is 3. The van der Waals surface area contributed by atoms with Crippen molar-refractivity contribution in [3.8, 4) is 0 Å². The molecule has 1 aliphatic carbocycles. The van der Waals surface area contributed by atoms with E-state index < -0.39 is 0 Å². The first-order valence-electron chi connectivity index (χ1n) is 8.43. The van der Waals surface area contributed by atoms with Gasteiger partial charge in [0.2, 0.25) is 0 Å². The van der Waals surface area contributed by atoms with E-state index >= 15 is 0 Å². The van der Waals surface area contributed by atoms with E-state index in [1.165, 1.54) is 84.2 Å². The quantitative estimate of drug-likeness (QED) is 0.776. The fraction of sp³-hybridized carbons (Fsp3) is 1.00. The van der Waals surface area contributed by atoms with Crippen molar-refractivity contribution in [1.29, 1.82) is 0 Å². The van der Waals surface area contributed by atoms with Gasteiger partial charge < -0.3 is 15.5 Å². The highest BCUT2D eigenvalue weighted by Gasteiger charge is 2.32. The summed E-state index contributed by atoms with van der Waals surface area (Å²) in [5.41, 5.74) is 6.60. The predicted octanol–water partition coefficient (Wildman–Crippen LogP) is 2.31. The summed E-state index contributed by atoms with van der Waals surface area (Å²) >= 11 is 0. The van der Waals surface area contributed by atoms with Gasteiger partial charge in [-0.3, -0.25) is 0 Å². The minimum Gasteiger partial charge on any atom is -0.330 e. The summed E-state index contributed by atoms with van der Waals surface area (Å²) in [5, 5.41) is 0. The molecule has 1 aliphatic heterocycles. The van der Waals surface area contributed by atoms with E-state index in [2.05, 4.69) is 16.7 Å². The van der Waals surface area contributed by atoms with Gasteiger partial charge >= 0.3 is 0 Å². The van der Waals surface area contributed by atoms with Gasteiger partial charge in [-0.05, 0) is 37.8 Å². The van der Waals surface area contributed by atoms with Crippen LogP contribution in [0.25, 0.3) is 0 Å². The van der Waals surface area contributed by atoms with Crippen molar-refractivity contribution in [3.63, 3.8) is 0 Å². The van der Waals surface area contributed by atoms with Gasteiger partial charge in [0.1, 0.15) is 0 Å². The summed E-state index contributed by atoms with van der Waals surface area (Å²) in [6, 6.07) is 0. The van der Waals surface area contributed by atoms with E-state index in [1.807, 2.05) is 0 Å². The van der Waals surface area contributed by atoms with Gasteiger partial charge in [-0.15, -0.1) is 0 Å². The molecule has 0 aromatic rings. The monoisotopic (exact) mass is 267 g/mol. The van der Waals surface area contributed by atoms with Crippen LogP contribution in [0.1, 0.15) is 51.9 Å². The van der Waals surface area contributed by atoms with Crippen LogP contribution in [-0.2, 0) is 0 Å². The van der Waals surface area contributed by atoms with Crippen molar-refractivity contribution in [1.82, 2.24) is 9.80 Å². The second kappa shape index (κ2) is 7.61. The number of nitrogens with two attached hydrogens (primary N) is 1. The van der Waals surface area contributed by atoms with Crippen LogP contribution in [0, 0.1) is 5.41 Å². The molecule has 0 amide bonds. The summed E-state index contributed by atoms with van der Waals surface area (Å²) in [5.74, 6) is 0. The van der Waals surface area contributed by atoms with Gasteiger partial charge in [0.05, 0.1) is 0 Å². The molecule has 0 atom stereocenters. The first-order chi connectivity index (χ1) is 9.28. The van der Waals surface area contributed by atoms with Crippen molar-refractivity contribution < 1.29 is 0 Å². The SMILES string of the molecule is CCCN1CCN(CC2(CN)CCCCCC2)CC1. The Morgan fingerprint density at radius 2 is 1.47 bits per heavy atom. The van der Waals surface area contributed by atoms with Crippen LogP contribution < -0.4 is 5.73 Å². The summed E-state index contributed by atoms with van der Waals surface area (Å²) in [6.07, 6.45) is 9.64. The maximum atomic E-state index is 6.16. The van der Waals surface area contributed by atoms with Gasteiger partial charge in [-0.1, -0.05) is 32.6 Å². The zero-order valence-electron chi connectivity index (χ0n) is 12.9. The Morgan fingerprint density at radius 1 is 0.895 bits per heavy atom. The third-order valence-corrected chi connectivity index (χ3v) is 5.16. The van der Waals surface area contributed by atoms with Crippen molar-refractivity contribution >= 4 is 0 Å². The molecule has 3 heteroatoms. The third kappa shape index (κ3) is 4.44. The topological polar surface area (TPSA) is 32.5 Å². The van der Waals surface area contributed by atoms with Gasteiger partial charge in [0.15, 0.2) is 0 Å². The minimum absolute atomic E-state index is 0.434. The number of hydrogen-bond donors (Lipinski definition) is 1. The van der Waals surface area contributed by atoms with Crippen LogP contribution in [-0.4, -0.2) is 55.6 Å². The van der Waals surface area contributed by atoms with E-state index in [4.69, 9.17) is 5.73 Å². The molecule has 2 N–H and O–H groups in total. The van der Waals surface area contributed by atoms with Crippen LogP contribution >= 0.6 is 0 Å². The largest absolute Gasteiger partial charge is 0.330 e. The summed E-state index contributed by atoms with van der Waals surface area (Å²) in [7, 11) is 0. The fourth-order valence-electron chi connectivity index (χ4n) is 3.87. The van der Waals surface area contributed by atoms with Crippen molar-refractivity contribution in [3.05, 3.63) is 0 Å². The number of rotatable bonds is 5. The molecule has 0 unspecified atom stereocenters. The van der Waals surface area contributed by atoms with Crippen LogP contribution in [0.3, 0.4) is 0 Å².